The van der Waals surface area contributed by atoms with Gasteiger partial charge < -0.3 is 14.5 Å². The molecule has 2 atom stereocenters. The van der Waals surface area contributed by atoms with E-state index in [-0.39, 0.29) is 29.3 Å². The quantitative estimate of drug-likeness (QED) is 0.759. The van der Waals surface area contributed by atoms with Crippen LogP contribution in [0, 0.1) is 11.7 Å². The molecule has 2 aliphatic heterocycles. The molecular weight excluding hydrogens is 325 g/mol. The summed E-state index contributed by atoms with van der Waals surface area (Å²) in [4.78, 5) is 32.2. The lowest BCUT2D eigenvalue weighted by Gasteiger charge is -2.47. The number of ether oxygens (including phenoxy) is 1. The topological polar surface area (TPSA) is 62.7 Å². The van der Waals surface area contributed by atoms with Gasteiger partial charge in [0.2, 0.25) is 5.91 Å². The first kappa shape index (κ1) is 17.8. The maximum atomic E-state index is 13.8. The maximum absolute atomic E-state index is 13.8. The molecule has 0 radical (unpaired) electrons. The molecule has 0 aliphatic carbocycles. The number of carbonyl (C=O) groups is 2. The number of carbonyl (C=O) groups excluding carboxylic acids is 2. The van der Waals surface area contributed by atoms with Crippen LogP contribution in [-0.2, 0) is 9.53 Å². The highest BCUT2D eigenvalue weighted by molar-refractivity contribution is 5.94. The number of amides is 2. The van der Waals surface area contributed by atoms with Crippen molar-refractivity contribution in [3.8, 4) is 0 Å². The second kappa shape index (κ2) is 7.91. The second-order valence-electron chi connectivity index (χ2n) is 6.69. The zero-order valence-corrected chi connectivity index (χ0v) is 14.5. The van der Waals surface area contributed by atoms with Crippen molar-refractivity contribution in [1.82, 2.24) is 14.8 Å². The zero-order valence-electron chi connectivity index (χ0n) is 14.5. The highest BCUT2D eigenvalue weighted by Gasteiger charge is 2.40. The third-order valence-electron chi connectivity index (χ3n) is 5.18. The van der Waals surface area contributed by atoms with E-state index in [1.807, 2.05) is 4.90 Å². The minimum absolute atomic E-state index is 0.0669. The Hall–Kier alpha value is -2.02. The first-order chi connectivity index (χ1) is 12.1. The van der Waals surface area contributed by atoms with E-state index in [0.717, 1.165) is 25.5 Å². The average Bonchev–Trinajstić information content (AvgIpc) is 2.63. The molecule has 3 heterocycles. The van der Waals surface area contributed by atoms with Gasteiger partial charge in [-0.2, -0.15) is 0 Å². The lowest BCUT2D eigenvalue weighted by molar-refractivity contribution is -0.140. The number of piperidine rings is 2. The summed E-state index contributed by atoms with van der Waals surface area (Å²) >= 11 is 0. The summed E-state index contributed by atoms with van der Waals surface area (Å²) in [6.07, 6.45) is 5.35. The van der Waals surface area contributed by atoms with Gasteiger partial charge in [-0.3, -0.25) is 14.6 Å². The summed E-state index contributed by atoms with van der Waals surface area (Å²) in [6, 6.07) is 1.59. The van der Waals surface area contributed by atoms with E-state index >= 15 is 0 Å². The minimum Gasteiger partial charge on any atom is -0.385 e. The molecule has 2 saturated heterocycles. The second-order valence-corrected chi connectivity index (χ2v) is 6.69. The fourth-order valence-electron chi connectivity index (χ4n) is 3.92. The number of pyridine rings is 1. The summed E-state index contributed by atoms with van der Waals surface area (Å²) < 4.78 is 18.9. The fourth-order valence-corrected chi connectivity index (χ4v) is 3.92. The Morgan fingerprint density at radius 1 is 1.44 bits per heavy atom. The first-order valence-electron chi connectivity index (χ1n) is 8.79. The summed E-state index contributed by atoms with van der Waals surface area (Å²) in [5, 5.41) is 0. The number of halogens is 1. The van der Waals surface area contributed by atoms with Crippen molar-refractivity contribution < 1.29 is 18.7 Å². The van der Waals surface area contributed by atoms with Gasteiger partial charge in [-0.05, 0) is 31.2 Å². The molecule has 2 fully saturated rings. The molecule has 0 unspecified atom stereocenters. The molecule has 0 spiro atoms. The Morgan fingerprint density at radius 3 is 3.04 bits per heavy atom. The molecule has 0 aromatic carbocycles. The third kappa shape index (κ3) is 3.81. The Balaban J connectivity index is 1.66. The highest BCUT2D eigenvalue weighted by atomic mass is 19.1. The van der Waals surface area contributed by atoms with Gasteiger partial charge in [0.25, 0.3) is 5.91 Å². The normalized spacial score (nSPS) is 23.5. The smallest absolute Gasteiger partial charge is 0.256 e. The predicted octanol–water partition coefficient (Wildman–Crippen LogP) is 1.71. The SMILES string of the molecule is COCCCN1C(=O)CC[C@H]2CN(C(=O)c3ccncc3F)CC[C@H]21. The van der Waals surface area contributed by atoms with Crippen LogP contribution >= 0.6 is 0 Å². The Labute approximate surface area is 147 Å². The van der Waals surface area contributed by atoms with Gasteiger partial charge in [0, 0.05) is 52.0 Å². The van der Waals surface area contributed by atoms with Crippen molar-refractivity contribution in [3.05, 3.63) is 29.8 Å². The Kier molecular flexibility index (Phi) is 5.63. The van der Waals surface area contributed by atoms with E-state index in [9.17, 15) is 14.0 Å². The van der Waals surface area contributed by atoms with Crippen molar-refractivity contribution in [3.63, 3.8) is 0 Å². The molecule has 0 bridgehead atoms. The van der Waals surface area contributed by atoms with Crippen LogP contribution in [0.25, 0.3) is 0 Å². The molecule has 3 rings (SSSR count). The first-order valence-corrected chi connectivity index (χ1v) is 8.79. The fraction of sp³-hybridized carbons (Fsp3) is 0.611. The summed E-state index contributed by atoms with van der Waals surface area (Å²) in [5.74, 6) is -0.434. The van der Waals surface area contributed by atoms with Gasteiger partial charge in [0.05, 0.1) is 11.8 Å². The maximum Gasteiger partial charge on any atom is 0.256 e. The van der Waals surface area contributed by atoms with Gasteiger partial charge >= 0.3 is 0 Å². The molecule has 0 N–H and O–H groups in total. The molecule has 7 heteroatoms. The van der Waals surface area contributed by atoms with Crippen molar-refractivity contribution >= 4 is 11.8 Å². The largest absolute Gasteiger partial charge is 0.385 e. The van der Waals surface area contributed by atoms with Crippen LogP contribution in [0.15, 0.2) is 18.5 Å². The molecule has 25 heavy (non-hydrogen) atoms. The number of rotatable bonds is 5. The van der Waals surface area contributed by atoms with Crippen LogP contribution in [0.4, 0.5) is 4.39 Å². The van der Waals surface area contributed by atoms with Gasteiger partial charge in [0.1, 0.15) is 0 Å². The molecule has 1 aromatic heterocycles. The van der Waals surface area contributed by atoms with E-state index < -0.39 is 5.82 Å². The molecule has 2 aliphatic rings. The lowest BCUT2D eigenvalue weighted by atomic mass is 9.83. The van der Waals surface area contributed by atoms with Crippen LogP contribution in [0.5, 0.6) is 0 Å². The highest BCUT2D eigenvalue weighted by Crippen LogP contribution is 2.32. The van der Waals surface area contributed by atoms with Crippen LogP contribution in [0.2, 0.25) is 0 Å². The number of hydrogen-bond acceptors (Lipinski definition) is 4. The Bertz CT molecular complexity index is 640. The van der Waals surface area contributed by atoms with Gasteiger partial charge in [0.15, 0.2) is 5.82 Å². The summed E-state index contributed by atoms with van der Waals surface area (Å²) in [5.41, 5.74) is 0.0669. The van der Waals surface area contributed by atoms with E-state index in [1.54, 1.807) is 12.0 Å². The molecule has 2 amide bonds. The summed E-state index contributed by atoms with van der Waals surface area (Å²) in [7, 11) is 1.66. The number of nitrogens with zero attached hydrogens (tertiary/aromatic N) is 3. The molecular formula is C18H24FN3O3. The van der Waals surface area contributed by atoms with Crippen molar-refractivity contribution in [2.75, 3.05) is 33.4 Å². The van der Waals surface area contributed by atoms with Crippen molar-refractivity contribution in [2.24, 2.45) is 5.92 Å². The van der Waals surface area contributed by atoms with E-state index in [1.165, 1.54) is 12.3 Å². The lowest BCUT2D eigenvalue weighted by Crippen LogP contribution is -2.57. The summed E-state index contributed by atoms with van der Waals surface area (Å²) in [6.45, 7) is 2.43. The van der Waals surface area contributed by atoms with Crippen LogP contribution in [-0.4, -0.2) is 66.0 Å². The third-order valence-corrected chi connectivity index (χ3v) is 5.18. The van der Waals surface area contributed by atoms with E-state index in [2.05, 4.69) is 4.98 Å². The number of aromatic nitrogens is 1. The number of likely N-dealkylation sites (tertiary alicyclic amines) is 2. The molecule has 6 nitrogen and oxygen atoms in total. The van der Waals surface area contributed by atoms with Gasteiger partial charge in [-0.1, -0.05) is 0 Å². The monoisotopic (exact) mass is 349 g/mol. The zero-order chi connectivity index (χ0) is 17.8. The molecule has 136 valence electrons. The van der Waals surface area contributed by atoms with E-state index in [0.29, 0.717) is 32.7 Å². The average molecular weight is 349 g/mol. The number of fused-ring (bicyclic) bond motifs is 1. The van der Waals surface area contributed by atoms with Crippen LogP contribution in [0.3, 0.4) is 0 Å². The van der Waals surface area contributed by atoms with E-state index in [4.69, 9.17) is 4.74 Å². The van der Waals surface area contributed by atoms with Gasteiger partial charge in [-0.15, -0.1) is 0 Å². The van der Waals surface area contributed by atoms with Crippen molar-refractivity contribution in [1.29, 1.82) is 0 Å². The number of methoxy groups -OCH3 is 1. The number of hydrogen-bond donors (Lipinski definition) is 0. The van der Waals surface area contributed by atoms with Crippen LogP contribution in [0.1, 0.15) is 36.0 Å². The minimum atomic E-state index is -0.588. The standard InChI is InChI=1S/C18H24FN3O3/c1-25-10-2-8-22-16-6-9-21(12-13(16)3-4-17(22)23)18(24)14-5-7-20-11-15(14)19/h5,7,11,13,16H,2-4,6,8-10,12H2,1H3/t13-,16+/m0/s1. The Morgan fingerprint density at radius 2 is 2.28 bits per heavy atom. The molecule has 0 saturated carbocycles. The van der Waals surface area contributed by atoms with Crippen LogP contribution < -0.4 is 0 Å². The predicted molar refractivity (Wildman–Crippen MR) is 89.4 cm³/mol. The van der Waals surface area contributed by atoms with Gasteiger partial charge in [-0.25, -0.2) is 4.39 Å². The molecule has 1 aromatic rings. The van der Waals surface area contributed by atoms with Crippen molar-refractivity contribution in [2.45, 2.75) is 31.7 Å².